The minimum absolute atomic E-state index is 0.00459. The predicted octanol–water partition coefficient (Wildman–Crippen LogP) is 1.95. The fraction of sp³-hybridized carbons (Fsp3) is 0.650. The Kier molecular flexibility index (Phi) is 9.21. The first-order chi connectivity index (χ1) is 13.5. The zero-order valence-electron chi connectivity index (χ0n) is 17.3. The lowest BCUT2D eigenvalue weighted by molar-refractivity contribution is 0.0729. The Balaban J connectivity index is 1.99. The first kappa shape index (κ1) is 22.6. The highest BCUT2D eigenvalue weighted by Gasteiger charge is 2.25. The number of rotatable bonds is 9. The SMILES string of the molecule is CCC(CC)CNC(=NC)NCc1ccccc1CS(=O)(=O)N1CCOCC1. The third kappa shape index (κ3) is 6.76. The highest BCUT2D eigenvalue weighted by Crippen LogP contribution is 2.16. The maximum atomic E-state index is 12.8. The van der Waals surface area contributed by atoms with Crippen LogP contribution in [0.5, 0.6) is 0 Å². The number of aliphatic imine (C=N–C) groups is 1. The van der Waals surface area contributed by atoms with Crippen LogP contribution in [-0.4, -0.2) is 58.6 Å². The van der Waals surface area contributed by atoms with Gasteiger partial charge in [0.05, 0.1) is 19.0 Å². The van der Waals surface area contributed by atoms with E-state index in [9.17, 15) is 8.42 Å². The minimum Gasteiger partial charge on any atom is -0.379 e. The number of ether oxygens (including phenoxy) is 1. The number of benzene rings is 1. The van der Waals surface area contributed by atoms with E-state index in [-0.39, 0.29) is 5.75 Å². The minimum atomic E-state index is -3.35. The summed E-state index contributed by atoms with van der Waals surface area (Å²) in [6.45, 7) is 7.55. The Morgan fingerprint density at radius 2 is 1.79 bits per heavy atom. The summed E-state index contributed by atoms with van der Waals surface area (Å²) < 4.78 is 32.3. The van der Waals surface area contributed by atoms with Crippen molar-refractivity contribution in [2.24, 2.45) is 10.9 Å². The number of sulfonamides is 1. The van der Waals surface area contributed by atoms with E-state index in [2.05, 4.69) is 29.5 Å². The van der Waals surface area contributed by atoms with Crippen LogP contribution >= 0.6 is 0 Å². The largest absolute Gasteiger partial charge is 0.379 e. The molecule has 0 saturated carbocycles. The lowest BCUT2D eigenvalue weighted by Gasteiger charge is -2.26. The molecule has 0 spiro atoms. The van der Waals surface area contributed by atoms with Crippen LogP contribution in [-0.2, 0) is 27.1 Å². The first-order valence-corrected chi connectivity index (χ1v) is 11.7. The lowest BCUT2D eigenvalue weighted by Crippen LogP contribution is -2.41. The van der Waals surface area contributed by atoms with Gasteiger partial charge in [0, 0.05) is 33.2 Å². The van der Waals surface area contributed by atoms with Crippen LogP contribution in [0.25, 0.3) is 0 Å². The molecule has 1 aromatic carbocycles. The van der Waals surface area contributed by atoms with E-state index in [1.165, 1.54) is 4.31 Å². The molecule has 28 heavy (non-hydrogen) atoms. The Morgan fingerprint density at radius 3 is 2.39 bits per heavy atom. The van der Waals surface area contributed by atoms with Gasteiger partial charge in [-0.3, -0.25) is 4.99 Å². The highest BCUT2D eigenvalue weighted by atomic mass is 32.2. The van der Waals surface area contributed by atoms with Gasteiger partial charge in [0.1, 0.15) is 0 Å². The van der Waals surface area contributed by atoms with Crippen LogP contribution in [0.2, 0.25) is 0 Å². The van der Waals surface area contributed by atoms with E-state index < -0.39 is 10.0 Å². The molecule has 7 nitrogen and oxygen atoms in total. The summed E-state index contributed by atoms with van der Waals surface area (Å²) in [5, 5.41) is 6.66. The van der Waals surface area contributed by atoms with Gasteiger partial charge >= 0.3 is 0 Å². The van der Waals surface area contributed by atoms with Crippen molar-refractivity contribution in [3.8, 4) is 0 Å². The first-order valence-electron chi connectivity index (χ1n) is 10.1. The zero-order chi connectivity index (χ0) is 20.4. The molecule has 1 aliphatic heterocycles. The zero-order valence-corrected chi connectivity index (χ0v) is 18.1. The molecule has 1 saturated heterocycles. The molecule has 1 heterocycles. The number of morpholine rings is 1. The van der Waals surface area contributed by atoms with E-state index in [4.69, 9.17) is 4.74 Å². The molecule has 2 N–H and O–H groups in total. The summed E-state index contributed by atoms with van der Waals surface area (Å²) in [5.74, 6) is 1.35. The van der Waals surface area contributed by atoms with Gasteiger partial charge in [-0.15, -0.1) is 0 Å². The van der Waals surface area contributed by atoms with E-state index in [0.717, 1.165) is 36.5 Å². The third-order valence-electron chi connectivity index (χ3n) is 5.20. The molecule has 0 bridgehead atoms. The van der Waals surface area contributed by atoms with Crippen LogP contribution < -0.4 is 10.6 Å². The van der Waals surface area contributed by atoms with E-state index in [1.807, 2.05) is 24.3 Å². The van der Waals surface area contributed by atoms with Crippen LogP contribution in [0.3, 0.4) is 0 Å². The Hall–Kier alpha value is -1.64. The second kappa shape index (κ2) is 11.4. The van der Waals surface area contributed by atoms with Crippen molar-refractivity contribution in [1.82, 2.24) is 14.9 Å². The quantitative estimate of drug-likeness (QED) is 0.480. The Morgan fingerprint density at radius 1 is 1.14 bits per heavy atom. The number of nitrogens with one attached hydrogen (secondary N) is 2. The predicted molar refractivity (Wildman–Crippen MR) is 114 cm³/mol. The van der Waals surface area contributed by atoms with Crippen molar-refractivity contribution in [1.29, 1.82) is 0 Å². The second-order valence-corrected chi connectivity index (χ2v) is 8.99. The average molecular weight is 411 g/mol. The molecule has 2 rings (SSSR count). The van der Waals surface area contributed by atoms with E-state index in [1.54, 1.807) is 7.05 Å². The summed E-state index contributed by atoms with van der Waals surface area (Å²) in [6.07, 6.45) is 2.26. The number of hydrogen-bond donors (Lipinski definition) is 2. The van der Waals surface area contributed by atoms with Crippen LogP contribution in [0.4, 0.5) is 0 Å². The van der Waals surface area contributed by atoms with E-state index >= 15 is 0 Å². The van der Waals surface area contributed by atoms with Crippen molar-refractivity contribution in [2.45, 2.75) is 39.0 Å². The molecule has 0 aromatic heterocycles. The maximum Gasteiger partial charge on any atom is 0.218 e. The molecule has 0 unspecified atom stereocenters. The smallest absolute Gasteiger partial charge is 0.218 e. The van der Waals surface area contributed by atoms with Crippen molar-refractivity contribution in [2.75, 3.05) is 39.9 Å². The van der Waals surface area contributed by atoms with Gasteiger partial charge in [0.25, 0.3) is 0 Å². The Labute approximate surface area is 169 Å². The molecule has 0 aliphatic carbocycles. The highest BCUT2D eigenvalue weighted by molar-refractivity contribution is 7.88. The lowest BCUT2D eigenvalue weighted by atomic mass is 10.0. The molecule has 0 radical (unpaired) electrons. The van der Waals surface area contributed by atoms with Crippen molar-refractivity contribution in [3.05, 3.63) is 35.4 Å². The number of guanidine groups is 1. The number of nitrogens with zero attached hydrogens (tertiary/aromatic N) is 2. The van der Waals surface area contributed by atoms with Gasteiger partial charge < -0.3 is 15.4 Å². The van der Waals surface area contributed by atoms with Crippen molar-refractivity contribution >= 4 is 16.0 Å². The van der Waals surface area contributed by atoms with Crippen molar-refractivity contribution < 1.29 is 13.2 Å². The molecule has 1 aliphatic rings. The van der Waals surface area contributed by atoms with Crippen molar-refractivity contribution in [3.63, 3.8) is 0 Å². The molecular weight excluding hydrogens is 376 g/mol. The van der Waals surface area contributed by atoms with Crippen LogP contribution in [0.15, 0.2) is 29.3 Å². The summed E-state index contributed by atoms with van der Waals surface area (Å²) in [5.41, 5.74) is 1.78. The molecule has 1 fully saturated rings. The van der Waals surface area contributed by atoms with Gasteiger partial charge in [0.2, 0.25) is 10.0 Å². The fourth-order valence-electron chi connectivity index (χ4n) is 3.20. The monoisotopic (exact) mass is 410 g/mol. The molecule has 158 valence electrons. The molecule has 8 heteroatoms. The van der Waals surface area contributed by atoms with E-state index in [0.29, 0.717) is 38.8 Å². The van der Waals surface area contributed by atoms with Gasteiger partial charge in [-0.25, -0.2) is 8.42 Å². The van der Waals surface area contributed by atoms with Crippen LogP contribution in [0, 0.1) is 5.92 Å². The fourth-order valence-corrected chi connectivity index (χ4v) is 4.76. The molecular formula is C20H34N4O3S. The summed E-state index contributed by atoms with van der Waals surface area (Å²) in [4.78, 5) is 4.28. The van der Waals surface area contributed by atoms with Gasteiger partial charge in [-0.1, -0.05) is 51.0 Å². The molecule has 1 aromatic rings. The standard InChI is InChI=1S/C20H34N4O3S/c1-4-17(5-2)14-22-20(21-3)23-15-18-8-6-7-9-19(18)16-28(25,26)24-10-12-27-13-11-24/h6-9,17H,4-5,10-16H2,1-3H3,(H2,21,22,23). The second-order valence-electron chi connectivity index (χ2n) is 7.03. The average Bonchev–Trinajstić information content (AvgIpc) is 2.72. The maximum absolute atomic E-state index is 12.8. The molecule has 0 atom stereocenters. The number of hydrogen-bond acceptors (Lipinski definition) is 4. The van der Waals surface area contributed by atoms with Gasteiger partial charge in [-0.2, -0.15) is 4.31 Å². The normalized spacial score (nSPS) is 16.4. The van der Waals surface area contributed by atoms with Gasteiger partial charge in [0.15, 0.2) is 5.96 Å². The van der Waals surface area contributed by atoms with Gasteiger partial charge in [-0.05, 0) is 17.0 Å². The topological polar surface area (TPSA) is 83.0 Å². The molecule has 0 amide bonds. The summed E-state index contributed by atoms with van der Waals surface area (Å²) in [7, 11) is -1.60. The van der Waals surface area contributed by atoms with Crippen LogP contribution in [0.1, 0.15) is 37.8 Å². The Bertz CT molecular complexity index is 727. The third-order valence-corrected chi connectivity index (χ3v) is 7.03. The summed E-state index contributed by atoms with van der Waals surface area (Å²) >= 11 is 0. The summed E-state index contributed by atoms with van der Waals surface area (Å²) in [6, 6.07) is 7.66.